The van der Waals surface area contributed by atoms with E-state index in [2.05, 4.69) is 49.8 Å². The zero-order valence-electron chi connectivity index (χ0n) is 9.32. The lowest BCUT2D eigenvalue weighted by Crippen LogP contribution is -2.10. The van der Waals surface area contributed by atoms with Crippen molar-refractivity contribution in [2.24, 2.45) is 0 Å². The molecular weight excluding hydrogens is 296 g/mol. The average molecular weight is 309 g/mol. The molecule has 2 nitrogen and oxygen atoms in total. The highest BCUT2D eigenvalue weighted by Crippen LogP contribution is 2.29. The SMILES string of the molecule is S=c1[nH]c2ccc(Br)cc2n1C1CC=CCC1. The number of nitrogens with zero attached hydrogens (tertiary/aromatic N) is 1. The molecule has 2 aromatic rings. The molecule has 1 aliphatic rings. The molecule has 1 heterocycles. The zero-order valence-corrected chi connectivity index (χ0v) is 11.7. The van der Waals surface area contributed by atoms with Gasteiger partial charge in [0.05, 0.1) is 11.0 Å². The normalized spacial score (nSPS) is 19.9. The van der Waals surface area contributed by atoms with Gasteiger partial charge in [-0.25, -0.2) is 0 Å². The van der Waals surface area contributed by atoms with Crippen molar-refractivity contribution in [1.29, 1.82) is 0 Å². The first-order valence-corrected chi connectivity index (χ1v) is 7.00. The monoisotopic (exact) mass is 308 g/mol. The van der Waals surface area contributed by atoms with Crippen LogP contribution in [0.3, 0.4) is 0 Å². The molecular formula is C13H13BrN2S. The van der Waals surface area contributed by atoms with E-state index in [-0.39, 0.29) is 0 Å². The van der Waals surface area contributed by atoms with Gasteiger partial charge in [0.25, 0.3) is 0 Å². The molecule has 4 heteroatoms. The highest BCUT2D eigenvalue weighted by atomic mass is 79.9. The second-order valence-electron chi connectivity index (χ2n) is 4.40. The molecule has 0 spiro atoms. The third-order valence-electron chi connectivity index (χ3n) is 3.29. The van der Waals surface area contributed by atoms with Gasteiger partial charge in [-0.1, -0.05) is 28.1 Å². The fourth-order valence-corrected chi connectivity index (χ4v) is 3.18. The number of nitrogens with one attached hydrogen (secondary N) is 1. The summed E-state index contributed by atoms with van der Waals surface area (Å²) in [4.78, 5) is 3.28. The maximum absolute atomic E-state index is 5.45. The van der Waals surface area contributed by atoms with E-state index in [0.29, 0.717) is 6.04 Å². The summed E-state index contributed by atoms with van der Waals surface area (Å²) in [7, 11) is 0. The number of allylic oxidation sites excluding steroid dienone is 2. The standard InChI is InChI=1S/C13H13BrN2S/c14-9-6-7-11-12(8-9)16(13(17)15-11)10-4-2-1-3-5-10/h1-2,6-8,10H,3-5H2,(H,15,17). The second-order valence-corrected chi connectivity index (χ2v) is 5.70. The van der Waals surface area contributed by atoms with Gasteiger partial charge < -0.3 is 9.55 Å². The van der Waals surface area contributed by atoms with E-state index < -0.39 is 0 Å². The molecule has 0 amide bonds. The van der Waals surface area contributed by atoms with Crippen LogP contribution < -0.4 is 0 Å². The number of fused-ring (bicyclic) bond motifs is 1. The van der Waals surface area contributed by atoms with E-state index in [1.807, 2.05) is 6.07 Å². The van der Waals surface area contributed by atoms with E-state index >= 15 is 0 Å². The van der Waals surface area contributed by atoms with Crippen LogP contribution in [0.4, 0.5) is 0 Å². The van der Waals surface area contributed by atoms with Crippen LogP contribution in [0.15, 0.2) is 34.8 Å². The van der Waals surface area contributed by atoms with Crippen molar-refractivity contribution < 1.29 is 0 Å². The summed E-state index contributed by atoms with van der Waals surface area (Å²) in [5.74, 6) is 0. The Bertz CT molecular complexity index is 638. The van der Waals surface area contributed by atoms with Crippen LogP contribution in [-0.2, 0) is 0 Å². The molecule has 1 aliphatic carbocycles. The number of imidazole rings is 1. The van der Waals surface area contributed by atoms with E-state index in [1.54, 1.807) is 0 Å². The predicted octanol–water partition coefficient (Wildman–Crippen LogP) is 4.74. The van der Waals surface area contributed by atoms with Gasteiger partial charge in [0.15, 0.2) is 4.77 Å². The summed E-state index contributed by atoms with van der Waals surface area (Å²) >= 11 is 8.97. The molecule has 0 saturated heterocycles. The first-order chi connectivity index (χ1) is 8.25. The number of halogens is 1. The van der Waals surface area contributed by atoms with Crippen molar-refractivity contribution in [1.82, 2.24) is 9.55 Å². The lowest BCUT2D eigenvalue weighted by atomic mass is 10.0. The van der Waals surface area contributed by atoms with Crippen LogP contribution in [-0.4, -0.2) is 9.55 Å². The minimum absolute atomic E-state index is 0.496. The maximum atomic E-state index is 5.45. The second kappa shape index (κ2) is 4.42. The summed E-state index contributed by atoms with van der Waals surface area (Å²) < 4.78 is 4.19. The third-order valence-corrected chi connectivity index (χ3v) is 4.08. The molecule has 1 aromatic heterocycles. The van der Waals surface area contributed by atoms with Crippen LogP contribution in [0.2, 0.25) is 0 Å². The zero-order chi connectivity index (χ0) is 11.8. The summed E-state index contributed by atoms with van der Waals surface area (Å²) in [6, 6.07) is 6.75. The molecule has 17 heavy (non-hydrogen) atoms. The van der Waals surface area contributed by atoms with Crippen LogP contribution >= 0.6 is 28.1 Å². The highest BCUT2D eigenvalue weighted by Gasteiger charge is 2.16. The van der Waals surface area contributed by atoms with E-state index in [1.165, 1.54) is 11.9 Å². The Morgan fingerprint density at radius 2 is 2.24 bits per heavy atom. The van der Waals surface area contributed by atoms with Crippen molar-refractivity contribution in [3.05, 3.63) is 39.6 Å². The predicted molar refractivity (Wildman–Crippen MR) is 76.9 cm³/mol. The molecule has 1 atom stereocenters. The molecule has 88 valence electrons. The summed E-state index contributed by atoms with van der Waals surface area (Å²) in [6.45, 7) is 0. The molecule has 1 N–H and O–H groups in total. The van der Waals surface area contributed by atoms with Crippen molar-refractivity contribution in [3.8, 4) is 0 Å². The Labute approximate surface area is 113 Å². The fraction of sp³-hybridized carbons (Fsp3) is 0.308. The lowest BCUT2D eigenvalue weighted by molar-refractivity contribution is 0.467. The Kier molecular flexibility index (Phi) is 2.92. The average Bonchev–Trinajstić information content (AvgIpc) is 2.65. The number of H-pyrrole nitrogens is 1. The molecule has 0 fully saturated rings. The number of hydrogen-bond donors (Lipinski definition) is 1. The van der Waals surface area contributed by atoms with Gasteiger partial charge >= 0.3 is 0 Å². The molecule has 0 saturated carbocycles. The highest BCUT2D eigenvalue weighted by molar-refractivity contribution is 9.10. The van der Waals surface area contributed by atoms with Gasteiger partial charge in [-0.3, -0.25) is 0 Å². The Hall–Kier alpha value is -0.870. The van der Waals surface area contributed by atoms with Gasteiger partial charge in [-0.15, -0.1) is 0 Å². The number of aromatic nitrogens is 2. The van der Waals surface area contributed by atoms with Crippen LogP contribution in [0.25, 0.3) is 11.0 Å². The van der Waals surface area contributed by atoms with Crippen LogP contribution in [0.1, 0.15) is 25.3 Å². The largest absolute Gasteiger partial charge is 0.331 e. The van der Waals surface area contributed by atoms with Crippen LogP contribution in [0.5, 0.6) is 0 Å². The number of benzene rings is 1. The van der Waals surface area contributed by atoms with E-state index in [4.69, 9.17) is 12.2 Å². The van der Waals surface area contributed by atoms with Gasteiger partial charge in [-0.05, 0) is 49.7 Å². The Balaban J connectivity index is 2.20. The minimum Gasteiger partial charge on any atom is -0.331 e. The number of rotatable bonds is 1. The Morgan fingerprint density at radius 3 is 3.00 bits per heavy atom. The minimum atomic E-state index is 0.496. The first kappa shape index (κ1) is 11.2. The summed E-state index contributed by atoms with van der Waals surface area (Å²) in [5, 5.41) is 0. The quantitative estimate of drug-likeness (QED) is 0.596. The van der Waals surface area contributed by atoms with Gasteiger partial charge in [0.2, 0.25) is 0 Å². The summed E-state index contributed by atoms with van der Waals surface area (Å²) in [6.07, 6.45) is 7.91. The first-order valence-electron chi connectivity index (χ1n) is 5.80. The molecule has 1 aromatic carbocycles. The van der Waals surface area contributed by atoms with Gasteiger partial charge in [-0.2, -0.15) is 0 Å². The molecule has 0 radical (unpaired) electrons. The summed E-state index contributed by atoms with van der Waals surface area (Å²) in [5.41, 5.74) is 2.32. The maximum Gasteiger partial charge on any atom is 0.178 e. The smallest absolute Gasteiger partial charge is 0.178 e. The topological polar surface area (TPSA) is 20.7 Å². The van der Waals surface area contributed by atoms with E-state index in [0.717, 1.165) is 27.6 Å². The molecule has 1 unspecified atom stereocenters. The van der Waals surface area contributed by atoms with Crippen molar-refractivity contribution in [3.63, 3.8) is 0 Å². The van der Waals surface area contributed by atoms with Crippen molar-refractivity contribution in [2.45, 2.75) is 25.3 Å². The molecule has 0 bridgehead atoms. The van der Waals surface area contributed by atoms with Crippen molar-refractivity contribution >= 4 is 39.2 Å². The molecule has 0 aliphatic heterocycles. The number of hydrogen-bond acceptors (Lipinski definition) is 1. The lowest BCUT2D eigenvalue weighted by Gasteiger charge is -2.20. The van der Waals surface area contributed by atoms with E-state index in [9.17, 15) is 0 Å². The third kappa shape index (κ3) is 2.00. The van der Waals surface area contributed by atoms with Gasteiger partial charge in [0, 0.05) is 10.5 Å². The van der Waals surface area contributed by atoms with Gasteiger partial charge in [0.1, 0.15) is 0 Å². The Morgan fingerprint density at radius 1 is 1.35 bits per heavy atom. The van der Waals surface area contributed by atoms with Crippen molar-refractivity contribution in [2.75, 3.05) is 0 Å². The fourth-order valence-electron chi connectivity index (χ4n) is 2.47. The number of aromatic amines is 1. The van der Waals surface area contributed by atoms with Crippen LogP contribution in [0, 0.1) is 4.77 Å². The molecule has 3 rings (SSSR count).